The van der Waals surface area contributed by atoms with Crippen LogP contribution >= 0.6 is 0 Å². The molecule has 1 aromatic rings. The van der Waals surface area contributed by atoms with E-state index in [1.165, 1.54) is 12.0 Å². The molecule has 2 N–H and O–H groups in total. The minimum atomic E-state index is -0.661. The smallest absolute Gasteiger partial charge is 0.151 e. The molecule has 0 aliphatic rings. The molecule has 1 aromatic carbocycles. The quantitative estimate of drug-likeness (QED) is 0.777. The molecular weight excluding hydrogens is 202 g/mol. The fourth-order valence-electron chi connectivity index (χ4n) is 1.29. The fourth-order valence-corrected chi connectivity index (χ4v) is 1.29. The van der Waals surface area contributed by atoms with Crippen LogP contribution in [0.25, 0.3) is 0 Å². The summed E-state index contributed by atoms with van der Waals surface area (Å²) < 4.78 is 31.6. The summed E-state index contributed by atoms with van der Waals surface area (Å²) in [4.78, 5) is 1.45. The number of nitrogens with zero attached hydrogens (tertiary/aromatic N) is 1. The first-order chi connectivity index (χ1) is 7.06. The third-order valence-corrected chi connectivity index (χ3v) is 2.05. The first kappa shape index (κ1) is 11.7. The standard InChI is InChI=1S/C10H14F2N2O/c1-14(3-4-15-2)10-8(11)5-7(13)6-9(10)12/h5-6H,3-4,13H2,1-2H3. The first-order valence-electron chi connectivity index (χ1n) is 4.51. The Kier molecular flexibility index (Phi) is 3.85. The maximum atomic E-state index is 13.4. The van der Waals surface area contributed by atoms with E-state index in [9.17, 15) is 8.78 Å². The van der Waals surface area contributed by atoms with Crippen LogP contribution in [0.1, 0.15) is 0 Å². The second-order valence-corrected chi connectivity index (χ2v) is 3.25. The van der Waals surface area contributed by atoms with E-state index in [1.54, 1.807) is 7.05 Å². The van der Waals surface area contributed by atoms with Gasteiger partial charge in [0.25, 0.3) is 0 Å². The molecule has 0 amide bonds. The van der Waals surface area contributed by atoms with Gasteiger partial charge in [-0.25, -0.2) is 8.78 Å². The maximum Gasteiger partial charge on any atom is 0.151 e. The highest BCUT2D eigenvalue weighted by atomic mass is 19.1. The predicted octanol–water partition coefficient (Wildman–Crippen LogP) is 1.63. The van der Waals surface area contributed by atoms with E-state index in [1.807, 2.05) is 0 Å². The molecule has 84 valence electrons. The van der Waals surface area contributed by atoms with Crippen molar-refractivity contribution >= 4 is 11.4 Å². The lowest BCUT2D eigenvalue weighted by Crippen LogP contribution is -2.24. The Balaban J connectivity index is 2.92. The third-order valence-electron chi connectivity index (χ3n) is 2.05. The molecule has 0 heterocycles. The van der Waals surface area contributed by atoms with Crippen LogP contribution < -0.4 is 10.6 Å². The highest BCUT2D eigenvalue weighted by Gasteiger charge is 2.14. The number of hydrogen-bond donors (Lipinski definition) is 1. The molecule has 0 bridgehead atoms. The highest BCUT2D eigenvalue weighted by molar-refractivity contribution is 5.55. The molecule has 0 atom stereocenters. The summed E-state index contributed by atoms with van der Waals surface area (Å²) in [5, 5.41) is 0. The van der Waals surface area contributed by atoms with Crippen LogP contribution in [0.4, 0.5) is 20.2 Å². The number of ether oxygens (including phenoxy) is 1. The van der Waals surface area contributed by atoms with E-state index in [4.69, 9.17) is 10.5 Å². The molecule has 0 fully saturated rings. The summed E-state index contributed by atoms with van der Waals surface area (Å²) in [5.74, 6) is -1.32. The Morgan fingerprint density at radius 1 is 1.33 bits per heavy atom. The summed E-state index contributed by atoms with van der Waals surface area (Å²) in [6, 6.07) is 2.20. The molecule has 0 unspecified atom stereocenters. The van der Waals surface area contributed by atoms with Gasteiger partial charge < -0.3 is 15.4 Å². The van der Waals surface area contributed by atoms with Crippen molar-refractivity contribution in [1.82, 2.24) is 0 Å². The van der Waals surface area contributed by atoms with Crippen molar-refractivity contribution < 1.29 is 13.5 Å². The van der Waals surface area contributed by atoms with Gasteiger partial charge in [0.2, 0.25) is 0 Å². The number of halogens is 2. The van der Waals surface area contributed by atoms with Gasteiger partial charge in [-0.05, 0) is 12.1 Å². The molecule has 0 aromatic heterocycles. The Labute approximate surface area is 87.4 Å². The zero-order valence-corrected chi connectivity index (χ0v) is 8.76. The number of anilines is 2. The summed E-state index contributed by atoms with van der Waals surface area (Å²) in [5.41, 5.74) is 5.30. The van der Waals surface area contributed by atoms with Crippen molar-refractivity contribution in [3.05, 3.63) is 23.8 Å². The van der Waals surface area contributed by atoms with Gasteiger partial charge >= 0.3 is 0 Å². The van der Waals surface area contributed by atoms with Crippen LogP contribution in [0.15, 0.2) is 12.1 Å². The van der Waals surface area contributed by atoms with Gasteiger partial charge in [-0.2, -0.15) is 0 Å². The van der Waals surface area contributed by atoms with E-state index < -0.39 is 11.6 Å². The molecule has 0 aliphatic carbocycles. The van der Waals surface area contributed by atoms with Crippen LogP contribution in [-0.2, 0) is 4.74 Å². The van der Waals surface area contributed by atoms with Gasteiger partial charge in [0.15, 0.2) is 11.6 Å². The number of nitrogen functional groups attached to an aromatic ring is 1. The predicted molar refractivity (Wildman–Crippen MR) is 55.9 cm³/mol. The Morgan fingerprint density at radius 2 is 1.87 bits per heavy atom. The van der Waals surface area contributed by atoms with Crippen LogP contribution in [0.2, 0.25) is 0 Å². The van der Waals surface area contributed by atoms with Crippen LogP contribution in [0.3, 0.4) is 0 Å². The van der Waals surface area contributed by atoms with Crippen LogP contribution in [-0.4, -0.2) is 27.3 Å². The number of benzene rings is 1. The molecule has 0 aliphatic heterocycles. The average molecular weight is 216 g/mol. The number of hydrogen-bond acceptors (Lipinski definition) is 3. The summed E-state index contributed by atoms with van der Waals surface area (Å²) in [7, 11) is 3.13. The van der Waals surface area contributed by atoms with Crippen molar-refractivity contribution in [3.8, 4) is 0 Å². The maximum absolute atomic E-state index is 13.4. The van der Waals surface area contributed by atoms with Crippen molar-refractivity contribution in [3.63, 3.8) is 0 Å². The SMILES string of the molecule is COCCN(C)c1c(F)cc(N)cc1F. The highest BCUT2D eigenvalue weighted by Crippen LogP contribution is 2.24. The van der Waals surface area contributed by atoms with Crippen molar-refractivity contribution in [2.45, 2.75) is 0 Å². The molecule has 0 spiro atoms. The van der Waals surface area contributed by atoms with E-state index >= 15 is 0 Å². The number of rotatable bonds is 4. The normalized spacial score (nSPS) is 10.4. The fraction of sp³-hybridized carbons (Fsp3) is 0.400. The van der Waals surface area contributed by atoms with Crippen molar-refractivity contribution in [2.75, 3.05) is 37.9 Å². The summed E-state index contributed by atoms with van der Waals surface area (Å²) >= 11 is 0. The zero-order valence-electron chi connectivity index (χ0n) is 8.76. The van der Waals surface area contributed by atoms with E-state index in [2.05, 4.69) is 0 Å². The Hall–Kier alpha value is -1.36. The number of nitrogens with two attached hydrogens (primary N) is 1. The number of likely N-dealkylation sites (N-methyl/N-ethyl adjacent to an activating group) is 1. The lowest BCUT2D eigenvalue weighted by molar-refractivity contribution is 0.206. The monoisotopic (exact) mass is 216 g/mol. The van der Waals surface area contributed by atoms with E-state index in [0.717, 1.165) is 12.1 Å². The van der Waals surface area contributed by atoms with Crippen molar-refractivity contribution in [1.29, 1.82) is 0 Å². The van der Waals surface area contributed by atoms with Gasteiger partial charge in [-0.15, -0.1) is 0 Å². The molecule has 15 heavy (non-hydrogen) atoms. The average Bonchev–Trinajstić information content (AvgIpc) is 2.12. The Bertz CT molecular complexity index is 321. The minimum Gasteiger partial charge on any atom is -0.399 e. The summed E-state index contributed by atoms with van der Waals surface area (Å²) in [6.07, 6.45) is 0. The summed E-state index contributed by atoms with van der Waals surface area (Å²) in [6.45, 7) is 0.814. The van der Waals surface area contributed by atoms with Crippen LogP contribution in [0.5, 0.6) is 0 Å². The van der Waals surface area contributed by atoms with Gasteiger partial charge in [-0.3, -0.25) is 0 Å². The number of methoxy groups -OCH3 is 1. The molecular formula is C10H14F2N2O. The molecule has 0 saturated carbocycles. The van der Waals surface area contributed by atoms with Crippen LogP contribution in [0, 0.1) is 11.6 Å². The van der Waals surface area contributed by atoms with Gasteiger partial charge in [-0.1, -0.05) is 0 Å². The lowest BCUT2D eigenvalue weighted by Gasteiger charge is -2.20. The largest absolute Gasteiger partial charge is 0.399 e. The van der Waals surface area contributed by atoms with E-state index in [-0.39, 0.29) is 11.4 Å². The van der Waals surface area contributed by atoms with Gasteiger partial charge in [0.05, 0.1) is 6.61 Å². The lowest BCUT2D eigenvalue weighted by atomic mass is 10.2. The molecule has 1 rings (SSSR count). The zero-order chi connectivity index (χ0) is 11.4. The molecule has 0 radical (unpaired) electrons. The second kappa shape index (κ2) is 4.93. The van der Waals surface area contributed by atoms with Gasteiger partial charge in [0, 0.05) is 26.4 Å². The minimum absolute atomic E-state index is 0.0777. The van der Waals surface area contributed by atoms with Crippen molar-refractivity contribution in [2.24, 2.45) is 0 Å². The third kappa shape index (κ3) is 2.79. The molecule has 5 heteroatoms. The van der Waals surface area contributed by atoms with E-state index in [0.29, 0.717) is 13.2 Å². The second-order valence-electron chi connectivity index (χ2n) is 3.25. The molecule has 0 saturated heterocycles. The molecule has 3 nitrogen and oxygen atoms in total. The first-order valence-corrected chi connectivity index (χ1v) is 4.51. The Morgan fingerprint density at radius 3 is 2.33 bits per heavy atom. The van der Waals surface area contributed by atoms with Gasteiger partial charge in [0.1, 0.15) is 5.69 Å². The topological polar surface area (TPSA) is 38.5 Å².